The van der Waals surface area contributed by atoms with Gasteiger partial charge < -0.3 is 0 Å². The Morgan fingerprint density at radius 3 is 2.64 bits per heavy atom. The van der Waals surface area contributed by atoms with Crippen molar-refractivity contribution in [2.45, 2.75) is 18.8 Å². The molecule has 0 bridgehead atoms. The van der Waals surface area contributed by atoms with Crippen LogP contribution in [-0.4, -0.2) is 20.4 Å². The van der Waals surface area contributed by atoms with Crippen molar-refractivity contribution in [3.05, 3.63) is 39.9 Å². The fraction of sp³-hybridized carbons (Fsp3) is 0.200. The zero-order valence-electron chi connectivity index (χ0n) is 11.4. The number of halogens is 1. The van der Waals surface area contributed by atoms with Crippen LogP contribution >= 0.6 is 22.9 Å². The van der Waals surface area contributed by atoms with Crippen molar-refractivity contribution in [1.82, 2.24) is 20.4 Å². The van der Waals surface area contributed by atoms with Crippen molar-refractivity contribution in [2.75, 3.05) is 0 Å². The van der Waals surface area contributed by atoms with E-state index in [9.17, 15) is 0 Å². The zero-order chi connectivity index (χ0) is 15.1. The smallest absolute Gasteiger partial charge is 0.192 e. The molecule has 2 aromatic heterocycles. The van der Waals surface area contributed by atoms with Gasteiger partial charge >= 0.3 is 0 Å². The van der Waals surface area contributed by atoms with Gasteiger partial charge in [0.2, 0.25) is 0 Å². The number of aromatic amines is 1. The highest BCUT2D eigenvalue weighted by Crippen LogP contribution is 2.48. The molecule has 4 rings (SSSR count). The number of nitriles is 1. The van der Waals surface area contributed by atoms with E-state index in [0.717, 1.165) is 29.1 Å². The third-order valence-electron chi connectivity index (χ3n) is 3.57. The van der Waals surface area contributed by atoms with E-state index >= 15 is 0 Å². The average molecular weight is 328 g/mol. The Kier molecular flexibility index (Phi) is 3.17. The van der Waals surface area contributed by atoms with Gasteiger partial charge in [0.1, 0.15) is 16.8 Å². The number of nitrogens with one attached hydrogen (secondary N) is 1. The number of rotatable bonds is 3. The van der Waals surface area contributed by atoms with Crippen LogP contribution in [0.4, 0.5) is 0 Å². The predicted octanol–water partition coefficient (Wildman–Crippen LogP) is 4.00. The third-order valence-corrected chi connectivity index (χ3v) is 5.09. The Bertz CT molecular complexity index is 870. The quantitative estimate of drug-likeness (QED) is 0.788. The molecular weight excluding hydrogens is 318 g/mol. The summed E-state index contributed by atoms with van der Waals surface area (Å²) in [6.07, 6.45) is 2.32. The molecule has 3 aromatic rings. The molecule has 7 heteroatoms. The van der Waals surface area contributed by atoms with E-state index in [4.69, 9.17) is 21.8 Å². The number of aromatic nitrogens is 4. The summed E-state index contributed by atoms with van der Waals surface area (Å²) < 4.78 is 0. The van der Waals surface area contributed by atoms with Gasteiger partial charge in [-0.2, -0.15) is 15.6 Å². The summed E-state index contributed by atoms with van der Waals surface area (Å²) in [5.74, 6) is 0.525. The summed E-state index contributed by atoms with van der Waals surface area (Å²) in [5.41, 5.74) is 2.63. The molecule has 1 aliphatic carbocycles. The van der Waals surface area contributed by atoms with Crippen LogP contribution in [0.15, 0.2) is 24.3 Å². The molecule has 1 aliphatic rings. The Hall–Kier alpha value is -2.23. The molecule has 0 saturated heterocycles. The lowest BCUT2D eigenvalue weighted by molar-refractivity contribution is 0.935. The van der Waals surface area contributed by atoms with Crippen LogP contribution < -0.4 is 0 Å². The first-order valence-electron chi connectivity index (χ1n) is 6.84. The van der Waals surface area contributed by atoms with Crippen LogP contribution in [0, 0.1) is 11.3 Å². The van der Waals surface area contributed by atoms with Gasteiger partial charge in [-0.1, -0.05) is 23.7 Å². The molecule has 1 fully saturated rings. The first-order chi connectivity index (χ1) is 10.8. The molecule has 1 aromatic carbocycles. The van der Waals surface area contributed by atoms with Crippen LogP contribution in [0.2, 0.25) is 5.02 Å². The summed E-state index contributed by atoms with van der Waals surface area (Å²) >= 11 is 7.60. The molecule has 0 radical (unpaired) electrons. The molecule has 0 spiro atoms. The number of hydrogen-bond acceptors (Lipinski definition) is 5. The molecule has 108 valence electrons. The Balaban J connectivity index is 1.85. The molecule has 22 heavy (non-hydrogen) atoms. The highest BCUT2D eigenvalue weighted by Gasteiger charge is 2.32. The maximum atomic E-state index is 9.16. The van der Waals surface area contributed by atoms with Crippen LogP contribution in [0.25, 0.3) is 22.0 Å². The van der Waals surface area contributed by atoms with E-state index in [-0.39, 0.29) is 5.69 Å². The van der Waals surface area contributed by atoms with E-state index in [1.165, 1.54) is 4.88 Å². The molecule has 5 nitrogen and oxygen atoms in total. The molecule has 1 saturated carbocycles. The average Bonchev–Trinajstić information content (AvgIpc) is 3.11. The first-order valence-corrected chi connectivity index (χ1v) is 8.03. The van der Waals surface area contributed by atoms with Crippen LogP contribution in [-0.2, 0) is 0 Å². The SMILES string of the molecule is N#Cc1n[nH]nc1-c1nc(-c2ccc(Cl)cc2)sc1C1CC1. The summed E-state index contributed by atoms with van der Waals surface area (Å²) in [5, 5.41) is 21.3. The van der Waals surface area contributed by atoms with Crippen molar-refractivity contribution in [1.29, 1.82) is 5.26 Å². The van der Waals surface area contributed by atoms with E-state index in [0.29, 0.717) is 16.6 Å². The normalized spacial score (nSPS) is 14.0. The Labute approximate surface area is 135 Å². The monoisotopic (exact) mass is 327 g/mol. The molecule has 0 unspecified atom stereocenters. The second kappa shape index (κ2) is 5.20. The van der Waals surface area contributed by atoms with Gasteiger partial charge in [-0.15, -0.1) is 16.4 Å². The van der Waals surface area contributed by atoms with Gasteiger partial charge in [0.25, 0.3) is 0 Å². The Morgan fingerprint density at radius 2 is 1.95 bits per heavy atom. The number of hydrogen-bond donors (Lipinski definition) is 1. The molecule has 1 N–H and O–H groups in total. The fourth-order valence-electron chi connectivity index (χ4n) is 2.31. The highest BCUT2D eigenvalue weighted by atomic mass is 35.5. The van der Waals surface area contributed by atoms with E-state index in [1.54, 1.807) is 11.3 Å². The number of benzene rings is 1. The van der Waals surface area contributed by atoms with E-state index < -0.39 is 0 Å². The second-order valence-electron chi connectivity index (χ2n) is 5.15. The number of thiazole rings is 1. The summed E-state index contributed by atoms with van der Waals surface area (Å²) in [6.45, 7) is 0. The van der Waals surface area contributed by atoms with Gasteiger partial charge in [0.05, 0.1) is 0 Å². The third kappa shape index (κ3) is 2.28. The minimum Gasteiger partial charge on any atom is -0.234 e. The Morgan fingerprint density at radius 1 is 1.18 bits per heavy atom. The summed E-state index contributed by atoms with van der Waals surface area (Å²) in [6, 6.07) is 9.67. The highest BCUT2D eigenvalue weighted by molar-refractivity contribution is 7.15. The maximum Gasteiger partial charge on any atom is 0.192 e. The number of H-pyrrole nitrogens is 1. The molecule has 0 amide bonds. The summed E-state index contributed by atoms with van der Waals surface area (Å²) in [4.78, 5) is 5.91. The van der Waals surface area contributed by atoms with Crippen LogP contribution in [0.5, 0.6) is 0 Å². The molecule has 0 atom stereocenters. The van der Waals surface area contributed by atoms with Crippen LogP contribution in [0.1, 0.15) is 29.3 Å². The molecule has 0 aliphatic heterocycles. The van der Waals surface area contributed by atoms with Crippen molar-refractivity contribution < 1.29 is 0 Å². The summed E-state index contributed by atoms with van der Waals surface area (Å²) in [7, 11) is 0. The van der Waals surface area contributed by atoms with Crippen LogP contribution in [0.3, 0.4) is 0 Å². The van der Waals surface area contributed by atoms with Crippen molar-refractivity contribution in [3.63, 3.8) is 0 Å². The predicted molar refractivity (Wildman–Crippen MR) is 84.6 cm³/mol. The molecular formula is C15H10ClN5S. The topological polar surface area (TPSA) is 78.2 Å². The number of nitrogens with zero attached hydrogens (tertiary/aromatic N) is 4. The lowest BCUT2D eigenvalue weighted by atomic mass is 10.2. The minimum absolute atomic E-state index is 0.287. The van der Waals surface area contributed by atoms with Gasteiger partial charge in [0.15, 0.2) is 11.4 Å². The van der Waals surface area contributed by atoms with Gasteiger partial charge in [-0.25, -0.2) is 4.98 Å². The van der Waals surface area contributed by atoms with Gasteiger partial charge in [-0.3, -0.25) is 0 Å². The van der Waals surface area contributed by atoms with E-state index in [2.05, 4.69) is 21.5 Å². The molecule has 2 heterocycles. The van der Waals surface area contributed by atoms with E-state index in [1.807, 2.05) is 24.3 Å². The van der Waals surface area contributed by atoms with Crippen molar-refractivity contribution in [2.24, 2.45) is 0 Å². The second-order valence-corrected chi connectivity index (χ2v) is 6.61. The standard InChI is InChI=1S/C15H10ClN5S/c16-10-5-3-9(4-6-10)15-18-13(14(22-15)8-1-2-8)12-11(7-17)19-21-20-12/h3-6,8H,1-2H2,(H,19,20,21). The fourth-order valence-corrected chi connectivity index (χ4v) is 3.68. The lowest BCUT2D eigenvalue weighted by Crippen LogP contribution is -1.87. The van der Waals surface area contributed by atoms with Gasteiger partial charge in [-0.05, 0) is 30.9 Å². The zero-order valence-corrected chi connectivity index (χ0v) is 12.9. The lowest BCUT2D eigenvalue weighted by Gasteiger charge is -1.95. The van der Waals surface area contributed by atoms with Gasteiger partial charge in [0, 0.05) is 15.5 Å². The first kappa shape index (κ1) is 13.4. The largest absolute Gasteiger partial charge is 0.234 e. The maximum absolute atomic E-state index is 9.16. The van der Waals surface area contributed by atoms with Crippen molar-refractivity contribution in [3.8, 4) is 28.0 Å². The van der Waals surface area contributed by atoms with Crippen molar-refractivity contribution >= 4 is 22.9 Å². The minimum atomic E-state index is 0.287.